The maximum atomic E-state index is 10.1. The number of pyridine rings is 1. The zero-order valence-electron chi connectivity index (χ0n) is 12.0. The van der Waals surface area contributed by atoms with E-state index in [2.05, 4.69) is 28.2 Å². The van der Waals surface area contributed by atoms with Crippen LogP contribution in [0.4, 0.5) is 5.82 Å². The molecule has 0 aromatic carbocycles. The molecule has 1 saturated heterocycles. The summed E-state index contributed by atoms with van der Waals surface area (Å²) in [5.41, 5.74) is 0.523. The summed E-state index contributed by atoms with van der Waals surface area (Å²) in [7, 11) is 0. The molecular weight excluding hydrogens is 238 g/mol. The predicted molar refractivity (Wildman–Crippen MR) is 78.2 cm³/mol. The van der Waals surface area contributed by atoms with Gasteiger partial charge in [-0.15, -0.1) is 0 Å². The van der Waals surface area contributed by atoms with Gasteiger partial charge in [0.15, 0.2) is 0 Å². The lowest BCUT2D eigenvalue weighted by atomic mass is 9.95. The van der Waals surface area contributed by atoms with Gasteiger partial charge in [-0.25, -0.2) is 4.98 Å². The predicted octanol–water partition coefficient (Wildman–Crippen LogP) is 2.25. The molecule has 1 atom stereocenters. The Morgan fingerprint density at radius 2 is 2.32 bits per heavy atom. The lowest BCUT2D eigenvalue weighted by Gasteiger charge is -2.36. The summed E-state index contributed by atoms with van der Waals surface area (Å²) < 4.78 is 0. The number of β-amino-alcohol motifs (C(OH)–C–C–N with tert-alkyl or cyclic N) is 1. The molecule has 1 unspecified atom stereocenters. The molecule has 1 aromatic rings. The second-order valence-corrected chi connectivity index (χ2v) is 5.75. The maximum absolute atomic E-state index is 10.1. The molecule has 19 heavy (non-hydrogen) atoms. The highest BCUT2D eigenvalue weighted by molar-refractivity contribution is 5.35. The summed E-state index contributed by atoms with van der Waals surface area (Å²) in [5, 5.41) is 13.4. The van der Waals surface area contributed by atoms with Gasteiger partial charge in [-0.1, -0.05) is 13.0 Å². The molecule has 4 nitrogen and oxygen atoms in total. The fourth-order valence-corrected chi connectivity index (χ4v) is 2.61. The quantitative estimate of drug-likeness (QED) is 0.855. The van der Waals surface area contributed by atoms with Gasteiger partial charge in [0, 0.05) is 19.6 Å². The van der Waals surface area contributed by atoms with Gasteiger partial charge in [0.1, 0.15) is 5.82 Å². The van der Waals surface area contributed by atoms with Crippen molar-refractivity contribution in [2.45, 2.75) is 45.3 Å². The molecule has 0 bridgehead atoms. The molecule has 0 amide bonds. The van der Waals surface area contributed by atoms with Crippen LogP contribution < -0.4 is 5.32 Å². The fraction of sp³-hybridized carbons (Fsp3) is 0.667. The zero-order chi connectivity index (χ0) is 13.7. The lowest BCUT2D eigenvalue weighted by molar-refractivity contribution is -0.0184. The summed E-state index contributed by atoms with van der Waals surface area (Å²) in [4.78, 5) is 6.90. The molecule has 0 saturated carbocycles. The van der Waals surface area contributed by atoms with E-state index in [-0.39, 0.29) is 0 Å². The molecule has 1 aliphatic heterocycles. The first-order chi connectivity index (χ1) is 9.09. The molecule has 1 aromatic heterocycles. The number of nitrogens with zero attached hydrogens (tertiary/aromatic N) is 2. The van der Waals surface area contributed by atoms with E-state index in [0.29, 0.717) is 0 Å². The van der Waals surface area contributed by atoms with Crippen molar-refractivity contribution in [1.82, 2.24) is 9.88 Å². The van der Waals surface area contributed by atoms with Gasteiger partial charge >= 0.3 is 0 Å². The van der Waals surface area contributed by atoms with Crippen LogP contribution in [0.5, 0.6) is 0 Å². The average Bonchev–Trinajstić information content (AvgIpc) is 2.35. The van der Waals surface area contributed by atoms with Crippen molar-refractivity contribution in [2.24, 2.45) is 0 Å². The normalized spacial score (nSPS) is 24.4. The van der Waals surface area contributed by atoms with Crippen molar-refractivity contribution in [3.63, 3.8) is 0 Å². The minimum absolute atomic E-state index is 0.545. The molecule has 0 aliphatic carbocycles. The van der Waals surface area contributed by atoms with Crippen molar-refractivity contribution in [3.8, 4) is 0 Å². The van der Waals surface area contributed by atoms with Crippen molar-refractivity contribution in [1.29, 1.82) is 0 Å². The molecule has 4 heteroatoms. The van der Waals surface area contributed by atoms with Crippen LogP contribution in [0, 0.1) is 0 Å². The fourth-order valence-electron chi connectivity index (χ4n) is 2.61. The Morgan fingerprint density at radius 1 is 1.47 bits per heavy atom. The highest BCUT2D eigenvalue weighted by Gasteiger charge is 2.28. The van der Waals surface area contributed by atoms with Gasteiger partial charge in [-0.3, -0.25) is 4.90 Å². The van der Waals surface area contributed by atoms with Crippen LogP contribution in [0.3, 0.4) is 0 Å². The van der Waals surface area contributed by atoms with Crippen LogP contribution in [0.2, 0.25) is 0 Å². The second kappa shape index (κ2) is 6.35. The van der Waals surface area contributed by atoms with Gasteiger partial charge in [-0.05, 0) is 44.9 Å². The number of aliphatic hydroxyl groups is 1. The number of piperidine rings is 1. The highest BCUT2D eigenvalue weighted by Crippen LogP contribution is 2.21. The number of anilines is 1. The van der Waals surface area contributed by atoms with Crippen LogP contribution in [0.25, 0.3) is 0 Å². The van der Waals surface area contributed by atoms with Crippen molar-refractivity contribution >= 4 is 5.82 Å². The van der Waals surface area contributed by atoms with E-state index in [1.165, 1.54) is 0 Å². The smallest absolute Gasteiger partial charge is 0.126 e. The first-order valence-corrected chi connectivity index (χ1v) is 7.23. The summed E-state index contributed by atoms with van der Waals surface area (Å²) in [5.74, 6) is 0.947. The number of hydrogen-bond acceptors (Lipinski definition) is 4. The van der Waals surface area contributed by atoms with Gasteiger partial charge in [-0.2, -0.15) is 0 Å². The van der Waals surface area contributed by atoms with Crippen LogP contribution >= 0.6 is 0 Å². The Kier molecular flexibility index (Phi) is 4.77. The van der Waals surface area contributed by atoms with Gasteiger partial charge in [0.05, 0.1) is 11.3 Å². The molecule has 0 spiro atoms. The zero-order valence-corrected chi connectivity index (χ0v) is 12.0. The SMILES string of the molecule is CCCNc1cccc(CN2CCCC(C)(O)C2)n1. The Hall–Kier alpha value is -1.13. The number of hydrogen-bond donors (Lipinski definition) is 2. The third-order valence-corrected chi connectivity index (χ3v) is 3.50. The standard InChI is InChI=1S/C15H25N3O/c1-3-9-16-14-7-4-6-13(17-14)11-18-10-5-8-15(2,19)12-18/h4,6-7,19H,3,5,8-12H2,1-2H3,(H,16,17). The molecule has 0 radical (unpaired) electrons. The number of rotatable bonds is 5. The second-order valence-electron chi connectivity index (χ2n) is 5.75. The topological polar surface area (TPSA) is 48.4 Å². The van der Waals surface area contributed by atoms with E-state index >= 15 is 0 Å². The molecule has 1 fully saturated rings. The molecule has 2 N–H and O–H groups in total. The number of aromatic nitrogens is 1. The molecule has 1 aliphatic rings. The van der Waals surface area contributed by atoms with Crippen LogP contribution in [-0.4, -0.2) is 40.2 Å². The van der Waals surface area contributed by atoms with Crippen LogP contribution in [0.1, 0.15) is 38.8 Å². The maximum Gasteiger partial charge on any atom is 0.126 e. The molecule has 106 valence electrons. The molecular formula is C15H25N3O. The van der Waals surface area contributed by atoms with E-state index < -0.39 is 5.60 Å². The first-order valence-electron chi connectivity index (χ1n) is 7.23. The Bertz CT molecular complexity index is 406. The Balaban J connectivity index is 1.94. The van der Waals surface area contributed by atoms with E-state index in [1.807, 2.05) is 19.1 Å². The van der Waals surface area contributed by atoms with Crippen LogP contribution in [0.15, 0.2) is 18.2 Å². The number of nitrogens with one attached hydrogen (secondary N) is 1. The van der Waals surface area contributed by atoms with Gasteiger partial charge in [0.25, 0.3) is 0 Å². The average molecular weight is 263 g/mol. The summed E-state index contributed by atoms with van der Waals surface area (Å²) in [6.45, 7) is 7.62. The monoisotopic (exact) mass is 263 g/mol. The first kappa shape index (κ1) is 14.3. The Labute approximate surface area is 115 Å². The van der Waals surface area contributed by atoms with Gasteiger partial charge < -0.3 is 10.4 Å². The van der Waals surface area contributed by atoms with Crippen molar-refractivity contribution in [2.75, 3.05) is 25.0 Å². The van der Waals surface area contributed by atoms with E-state index in [9.17, 15) is 5.11 Å². The third kappa shape index (κ3) is 4.48. The largest absolute Gasteiger partial charge is 0.389 e. The minimum atomic E-state index is -0.545. The summed E-state index contributed by atoms with van der Waals surface area (Å²) in [6.07, 6.45) is 3.05. The highest BCUT2D eigenvalue weighted by atomic mass is 16.3. The van der Waals surface area contributed by atoms with Crippen molar-refractivity contribution < 1.29 is 5.11 Å². The van der Waals surface area contributed by atoms with Crippen molar-refractivity contribution in [3.05, 3.63) is 23.9 Å². The lowest BCUT2D eigenvalue weighted by Crippen LogP contribution is -2.45. The third-order valence-electron chi connectivity index (χ3n) is 3.50. The van der Waals surface area contributed by atoms with Crippen LogP contribution in [-0.2, 0) is 6.54 Å². The summed E-state index contributed by atoms with van der Waals surface area (Å²) in [6, 6.07) is 6.11. The summed E-state index contributed by atoms with van der Waals surface area (Å²) >= 11 is 0. The van der Waals surface area contributed by atoms with E-state index in [0.717, 1.165) is 57.0 Å². The number of likely N-dealkylation sites (tertiary alicyclic amines) is 1. The Morgan fingerprint density at radius 3 is 3.05 bits per heavy atom. The van der Waals surface area contributed by atoms with E-state index in [1.54, 1.807) is 0 Å². The molecule has 2 rings (SSSR count). The van der Waals surface area contributed by atoms with E-state index in [4.69, 9.17) is 0 Å². The minimum Gasteiger partial charge on any atom is -0.389 e. The van der Waals surface area contributed by atoms with Gasteiger partial charge in [0.2, 0.25) is 0 Å². The molecule has 2 heterocycles.